The van der Waals surface area contributed by atoms with Crippen molar-refractivity contribution in [2.75, 3.05) is 17.4 Å². The number of hydrogen-bond acceptors (Lipinski definition) is 7. The summed E-state index contributed by atoms with van der Waals surface area (Å²) in [7, 11) is -3.59. The highest BCUT2D eigenvalue weighted by Gasteiger charge is 2.49. The summed E-state index contributed by atoms with van der Waals surface area (Å²) in [5.41, 5.74) is 2.98. The largest absolute Gasteiger partial charge is 0.289 e. The maximum absolute atomic E-state index is 13.1. The SMILES string of the molecule is CCCCON(C(C)=O)c1cccc(-c2ccc([C@@]3(CC(=O)NO)CCCCS3(=O)=O)s2)c1. The van der Waals surface area contributed by atoms with Gasteiger partial charge in [0.15, 0.2) is 9.84 Å². The van der Waals surface area contributed by atoms with Gasteiger partial charge in [0.25, 0.3) is 0 Å². The number of unbranched alkanes of at least 4 members (excludes halogenated alkanes) is 1. The third-order valence-electron chi connectivity index (χ3n) is 5.83. The number of benzene rings is 1. The number of hydrogen-bond donors (Lipinski definition) is 2. The van der Waals surface area contributed by atoms with E-state index in [2.05, 4.69) is 0 Å². The van der Waals surface area contributed by atoms with E-state index in [1.165, 1.54) is 23.3 Å². The predicted molar refractivity (Wildman–Crippen MR) is 128 cm³/mol. The van der Waals surface area contributed by atoms with Gasteiger partial charge in [-0.15, -0.1) is 11.3 Å². The highest BCUT2D eigenvalue weighted by atomic mass is 32.2. The van der Waals surface area contributed by atoms with E-state index in [4.69, 9.17) is 10.0 Å². The zero-order chi connectivity index (χ0) is 24.1. The molecule has 2 N–H and O–H groups in total. The Bertz CT molecular complexity index is 1100. The monoisotopic (exact) mass is 494 g/mol. The molecule has 3 rings (SSSR count). The third-order valence-corrected chi connectivity index (χ3v) is 9.89. The van der Waals surface area contributed by atoms with E-state index >= 15 is 0 Å². The maximum atomic E-state index is 13.1. The van der Waals surface area contributed by atoms with E-state index in [0.717, 1.165) is 23.3 Å². The maximum Gasteiger partial charge on any atom is 0.247 e. The zero-order valence-electron chi connectivity index (χ0n) is 18.9. The van der Waals surface area contributed by atoms with Crippen LogP contribution in [-0.2, 0) is 29.0 Å². The Morgan fingerprint density at radius 1 is 1.24 bits per heavy atom. The minimum absolute atomic E-state index is 0.0110. The van der Waals surface area contributed by atoms with Crippen molar-refractivity contribution in [2.24, 2.45) is 0 Å². The van der Waals surface area contributed by atoms with Crippen LogP contribution in [0.1, 0.15) is 57.2 Å². The van der Waals surface area contributed by atoms with Gasteiger partial charge in [-0.3, -0.25) is 19.6 Å². The van der Waals surface area contributed by atoms with Crippen molar-refractivity contribution in [3.8, 4) is 10.4 Å². The van der Waals surface area contributed by atoms with Gasteiger partial charge in [0.2, 0.25) is 11.8 Å². The van der Waals surface area contributed by atoms with Crippen molar-refractivity contribution >= 4 is 38.7 Å². The molecule has 8 nitrogen and oxygen atoms in total. The molecule has 1 fully saturated rings. The van der Waals surface area contributed by atoms with Crippen molar-refractivity contribution < 1.29 is 28.1 Å². The smallest absolute Gasteiger partial charge is 0.247 e. The zero-order valence-corrected chi connectivity index (χ0v) is 20.5. The molecule has 1 aliphatic heterocycles. The van der Waals surface area contributed by atoms with Crippen molar-refractivity contribution in [1.82, 2.24) is 5.48 Å². The Hall–Kier alpha value is -2.27. The van der Waals surface area contributed by atoms with E-state index in [1.54, 1.807) is 17.6 Å². The number of hydroxylamine groups is 2. The molecule has 1 aromatic heterocycles. The number of anilines is 1. The number of amides is 2. The van der Waals surface area contributed by atoms with Gasteiger partial charge in [-0.1, -0.05) is 31.9 Å². The van der Waals surface area contributed by atoms with Gasteiger partial charge in [-0.2, -0.15) is 5.06 Å². The summed E-state index contributed by atoms with van der Waals surface area (Å²) in [6, 6.07) is 10.9. The van der Waals surface area contributed by atoms with Crippen LogP contribution in [0.3, 0.4) is 0 Å². The fourth-order valence-corrected chi connectivity index (χ4v) is 7.86. The topological polar surface area (TPSA) is 113 Å². The summed E-state index contributed by atoms with van der Waals surface area (Å²) < 4.78 is 24.9. The highest BCUT2D eigenvalue weighted by Crippen LogP contribution is 2.47. The Morgan fingerprint density at radius 2 is 2.03 bits per heavy atom. The summed E-state index contributed by atoms with van der Waals surface area (Å²) in [5, 5.41) is 10.3. The molecule has 0 unspecified atom stereocenters. The van der Waals surface area contributed by atoms with Crippen LogP contribution >= 0.6 is 11.3 Å². The Morgan fingerprint density at radius 3 is 2.70 bits per heavy atom. The molecule has 0 aliphatic carbocycles. The van der Waals surface area contributed by atoms with E-state index in [9.17, 15) is 18.0 Å². The summed E-state index contributed by atoms with van der Waals surface area (Å²) >= 11 is 1.31. The van der Waals surface area contributed by atoms with Crippen LogP contribution in [0, 0.1) is 0 Å². The molecule has 1 aromatic carbocycles. The molecule has 2 heterocycles. The van der Waals surface area contributed by atoms with Crippen molar-refractivity contribution in [3.63, 3.8) is 0 Å². The van der Waals surface area contributed by atoms with Gasteiger partial charge in [0, 0.05) is 16.7 Å². The lowest BCUT2D eigenvalue weighted by atomic mass is 9.94. The molecule has 0 saturated carbocycles. The number of sulfone groups is 1. The lowest BCUT2D eigenvalue weighted by Crippen LogP contribution is -2.43. The molecule has 1 atom stereocenters. The van der Waals surface area contributed by atoms with Crippen LogP contribution < -0.4 is 10.5 Å². The summed E-state index contributed by atoms with van der Waals surface area (Å²) in [6.45, 7) is 3.91. The van der Waals surface area contributed by atoms with Crippen molar-refractivity contribution in [3.05, 3.63) is 41.3 Å². The molecule has 1 aliphatic rings. The second kappa shape index (κ2) is 10.8. The first kappa shape index (κ1) is 25.4. The van der Waals surface area contributed by atoms with Crippen LogP contribution in [0.5, 0.6) is 0 Å². The first-order valence-corrected chi connectivity index (χ1v) is 13.5. The number of nitrogens with one attached hydrogen (secondary N) is 1. The molecule has 1 saturated heterocycles. The molecule has 2 amide bonds. The first-order chi connectivity index (χ1) is 15.7. The fraction of sp³-hybridized carbons (Fsp3) is 0.478. The van der Waals surface area contributed by atoms with Crippen LogP contribution in [-0.4, -0.2) is 37.8 Å². The van der Waals surface area contributed by atoms with E-state index in [0.29, 0.717) is 36.4 Å². The van der Waals surface area contributed by atoms with E-state index < -0.39 is 20.5 Å². The van der Waals surface area contributed by atoms with Gasteiger partial charge < -0.3 is 0 Å². The predicted octanol–water partition coefficient (Wildman–Crippen LogP) is 4.19. The molecular formula is C23H30N2O6S2. The second-order valence-electron chi connectivity index (χ2n) is 8.20. The Balaban J connectivity index is 1.97. The standard InChI is InChI=1S/C23H30N2O6S2/c1-3-4-13-31-25(17(2)26)19-9-7-8-18(15-19)20-10-11-21(32-20)23(16-22(27)24-28)12-5-6-14-33(23,29)30/h7-11,15,28H,3-6,12-14,16H2,1-2H3,(H,24,27)/t23-/m0/s1. The first-order valence-electron chi connectivity index (χ1n) is 11.0. The van der Waals surface area contributed by atoms with Gasteiger partial charge in [-0.25, -0.2) is 13.9 Å². The second-order valence-corrected chi connectivity index (χ2v) is 11.7. The molecule has 180 valence electrons. The normalized spacial score (nSPS) is 19.7. The average molecular weight is 495 g/mol. The minimum atomic E-state index is -3.59. The highest BCUT2D eigenvalue weighted by molar-refractivity contribution is 7.92. The lowest BCUT2D eigenvalue weighted by Gasteiger charge is -2.35. The molecule has 0 radical (unpaired) electrons. The molecular weight excluding hydrogens is 464 g/mol. The number of nitrogens with zero attached hydrogens (tertiary/aromatic N) is 1. The number of rotatable bonds is 9. The average Bonchev–Trinajstić information content (AvgIpc) is 3.28. The Kier molecular flexibility index (Phi) is 8.28. The molecule has 10 heteroatoms. The quantitative estimate of drug-likeness (QED) is 0.307. The number of carbonyl (C=O) groups excluding carboxylic acids is 2. The van der Waals surface area contributed by atoms with Crippen molar-refractivity contribution in [1.29, 1.82) is 0 Å². The van der Waals surface area contributed by atoms with Gasteiger partial charge >= 0.3 is 0 Å². The van der Waals surface area contributed by atoms with Gasteiger partial charge in [0.1, 0.15) is 4.75 Å². The van der Waals surface area contributed by atoms with Crippen LogP contribution in [0.15, 0.2) is 36.4 Å². The van der Waals surface area contributed by atoms with Gasteiger partial charge in [-0.05, 0) is 49.1 Å². The van der Waals surface area contributed by atoms with Crippen molar-refractivity contribution in [2.45, 2.75) is 57.1 Å². The van der Waals surface area contributed by atoms with Crippen LogP contribution in [0.4, 0.5) is 5.69 Å². The molecule has 0 spiro atoms. The summed E-state index contributed by atoms with van der Waals surface area (Å²) in [4.78, 5) is 31.2. The molecule has 33 heavy (non-hydrogen) atoms. The summed E-state index contributed by atoms with van der Waals surface area (Å²) in [5.74, 6) is -0.951. The van der Waals surface area contributed by atoms with Crippen LogP contribution in [0.25, 0.3) is 10.4 Å². The minimum Gasteiger partial charge on any atom is -0.289 e. The van der Waals surface area contributed by atoms with Gasteiger partial charge in [0.05, 0.1) is 24.5 Å². The lowest BCUT2D eigenvalue weighted by molar-refractivity contribution is -0.130. The van der Waals surface area contributed by atoms with E-state index in [1.807, 2.05) is 31.2 Å². The fourth-order valence-electron chi connectivity index (χ4n) is 4.09. The Labute approximate surface area is 198 Å². The van der Waals surface area contributed by atoms with Crippen LogP contribution in [0.2, 0.25) is 0 Å². The molecule has 0 bridgehead atoms. The third kappa shape index (κ3) is 5.46. The summed E-state index contributed by atoms with van der Waals surface area (Å²) in [6.07, 6.45) is 3.02. The number of carbonyl (C=O) groups is 2. The number of thiophene rings is 1. The molecule has 2 aromatic rings. The van der Waals surface area contributed by atoms with E-state index in [-0.39, 0.29) is 18.1 Å².